The molecule has 4 nitrogen and oxygen atoms in total. The minimum absolute atomic E-state index is 0.0139. The Morgan fingerprint density at radius 1 is 1.50 bits per heavy atom. The number of rotatable bonds is 3. The van der Waals surface area contributed by atoms with Gasteiger partial charge in [0.2, 0.25) is 0 Å². The molecule has 0 amide bonds. The summed E-state index contributed by atoms with van der Waals surface area (Å²) in [5.41, 5.74) is 0.827. The van der Waals surface area contributed by atoms with E-state index in [4.69, 9.17) is 0 Å². The molecule has 0 spiro atoms. The van der Waals surface area contributed by atoms with Crippen molar-refractivity contribution in [1.29, 1.82) is 0 Å². The minimum atomic E-state index is 0.0139. The molecule has 1 aliphatic rings. The van der Waals surface area contributed by atoms with E-state index in [1.165, 1.54) is 6.42 Å². The highest BCUT2D eigenvalue weighted by atomic mass is 127. The molecule has 2 aromatic heterocycles. The fourth-order valence-electron chi connectivity index (χ4n) is 2.68. The molecular formula is C13H16IN3O. The highest BCUT2D eigenvalue weighted by Gasteiger charge is 2.15. The maximum atomic E-state index is 11.9. The van der Waals surface area contributed by atoms with Gasteiger partial charge in [-0.05, 0) is 60.5 Å². The average Bonchev–Trinajstić information content (AvgIpc) is 2.96. The van der Waals surface area contributed by atoms with Gasteiger partial charge in [-0.2, -0.15) is 0 Å². The fraction of sp³-hybridized carbons (Fsp3) is 0.462. The maximum absolute atomic E-state index is 11.9. The van der Waals surface area contributed by atoms with Crippen LogP contribution in [0, 0.1) is 9.49 Å². The Morgan fingerprint density at radius 3 is 3.17 bits per heavy atom. The molecule has 0 aromatic carbocycles. The quantitative estimate of drug-likeness (QED) is 0.825. The Balaban J connectivity index is 1.89. The molecule has 1 saturated heterocycles. The number of aromatic amines is 1. The molecule has 96 valence electrons. The molecule has 18 heavy (non-hydrogen) atoms. The fourth-order valence-corrected chi connectivity index (χ4v) is 3.45. The van der Waals surface area contributed by atoms with Crippen molar-refractivity contribution < 1.29 is 0 Å². The predicted molar refractivity (Wildman–Crippen MR) is 80.9 cm³/mol. The van der Waals surface area contributed by atoms with Crippen molar-refractivity contribution in [2.45, 2.75) is 19.4 Å². The first-order chi connectivity index (χ1) is 8.75. The number of fused-ring (bicyclic) bond motifs is 1. The van der Waals surface area contributed by atoms with E-state index >= 15 is 0 Å². The molecule has 2 N–H and O–H groups in total. The van der Waals surface area contributed by atoms with Crippen LogP contribution in [0.3, 0.4) is 0 Å². The number of aryl methyl sites for hydroxylation is 1. The SMILES string of the molecule is O=c1[nH]ccc2c(I)cn(CCC3CCNC3)c12. The molecular weight excluding hydrogens is 341 g/mol. The van der Waals surface area contributed by atoms with Gasteiger partial charge in [-0.3, -0.25) is 4.79 Å². The third kappa shape index (κ3) is 2.21. The lowest BCUT2D eigenvalue weighted by Crippen LogP contribution is -2.13. The van der Waals surface area contributed by atoms with Crippen LogP contribution < -0.4 is 10.9 Å². The number of nitrogens with one attached hydrogen (secondary N) is 2. The zero-order valence-corrected chi connectivity index (χ0v) is 12.2. The molecule has 1 aliphatic heterocycles. The zero-order chi connectivity index (χ0) is 12.5. The van der Waals surface area contributed by atoms with E-state index in [-0.39, 0.29) is 5.56 Å². The second-order valence-electron chi connectivity index (χ2n) is 4.89. The summed E-state index contributed by atoms with van der Waals surface area (Å²) in [5.74, 6) is 0.753. The standard InChI is InChI=1S/C13H16IN3O/c14-11-8-17(6-3-9-1-4-15-7-9)12-10(11)2-5-16-13(12)18/h2,5,8-9,15H,1,3-4,6-7H2,(H,16,18). The van der Waals surface area contributed by atoms with E-state index in [1.54, 1.807) is 6.20 Å². The Labute approximate surface area is 119 Å². The van der Waals surface area contributed by atoms with Gasteiger partial charge >= 0.3 is 0 Å². The molecule has 3 heterocycles. The molecule has 0 aliphatic carbocycles. The number of halogens is 1. The van der Waals surface area contributed by atoms with Crippen LogP contribution in [-0.2, 0) is 6.54 Å². The molecule has 3 rings (SSSR count). The number of pyridine rings is 1. The molecule has 1 unspecified atom stereocenters. The summed E-state index contributed by atoms with van der Waals surface area (Å²) in [7, 11) is 0. The van der Waals surface area contributed by atoms with Crippen molar-refractivity contribution in [2.75, 3.05) is 13.1 Å². The monoisotopic (exact) mass is 357 g/mol. The van der Waals surface area contributed by atoms with Crippen LogP contribution in [0.4, 0.5) is 0 Å². The number of hydrogen-bond donors (Lipinski definition) is 2. The number of aromatic nitrogens is 2. The van der Waals surface area contributed by atoms with Crippen LogP contribution in [0.25, 0.3) is 10.9 Å². The third-order valence-corrected chi connectivity index (χ3v) is 4.55. The van der Waals surface area contributed by atoms with Crippen molar-refractivity contribution in [1.82, 2.24) is 14.9 Å². The van der Waals surface area contributed by atoms with Gasteiger partial charge in [-0.1, -0.05) is 0 Å². The summed E-state index contributed by atoms with van der Waals surface area (Å²) in [4.78, 5) is 14.7. The van der Waals surface area contributed by atoms with Gasteiger partial charge in [-0.15, -0.1) is 0 Å². The van der Waals surface area contributed by atoms with E-state index in [2.05, 4.69) is 43.7 Å². The molecule has 1 fully saturated rings. The van der Waals surface area contributed by atoms with Crippen LogP contribution in [0.1, 0.15) is 12.8 Å². The topological polar surface area (TPSA) is 49.8 Å². The van der Waals surface area contributed by atoms with E-state index in [0.29, 0.717) is 0 Å². The van der Waals surface area contributed by atoms with Gasteiger partial charge in [0.25, 0.3) is 5.56 Å². The van der Waals surface area contributed by atoms with E-state index < -0.39 is 0 Å². The predicted octanol–water partition coefficient (Wildman–Crippen LogP) is 1.93. The first-order valence-electron chi connectivity index (χ1n) is 6.32. The van der Waals surface area contributed by atoms with Gasteiger partial charge < -0.3 is 14.9 Å². The van der Waals surface area contributed by atoms with Gasteiger partial charge in [0.05, 0.1) is 0 Å². The summed E-state index contributed by atoms with van der Waals surface area (Å²) in [6.45, 7) is 3.18. The number of H-pyrrole nitrogens is 1. The Kier molecular flexibility index (Phi) is 3.43. The highest BCUT2D eigenvalue weighted by Crippen LogP contribution is 2.21. The van der Waals surface area contributed by atoms with Crippen LogP contribution >= 0.6 is 22.6 Å². The van der Waals surface area contributed by atoms with E-state index in [1.807, 2.05) is 6.07 Å². The second-order valence-corrected chi connectivity index (χ2v) is 6.05. The Morgan fingerprint density at radius 2 is 2.39 bits per heavy atom. The summed E-state index contributed by atoms with van der Waals surface area (Å²) in [6, 6.07) is 1.98. The molecule has 5 heteroatoms. The minimum Gasteiger partial charge on any atom is -0.342 e. The lowest BCUT2D eigenvalue weighted by Gasteiger charge is -2.09. The third-order valence-electron chi connectivity index (χ3n) is 3.69. The highest BCUT2D eigenvalue weighted by molar-refractivity contribution is 14.1. The largest absolute Gasteiger partial charge is 0.342 e. The molecule has 1 atom stereocenters. The first-order valence-corrected chi connectivity index (χ1v) is 7.40. The summed E-state index contributed by atoms with van der Waals surface area (Å²) < 4.78 is 3.26. The lowest BCUT2D eigenvalue weighted by molar-refractivity contribution is 0.485. The summed E-state index contributed by atoms with van der Waals surface area (Å²) >= 11 is 2.30. The van der Waals surface area contributed by atoms with Crippen LogP contribution in [0.2, 0.25) is 0 Å². The normalized spacial score (nSPS) is 19.7. The van der Waals surface area contributed by atoms with E-state index in [0.717, 1.165) is 46.4 Å². The second kappa shape index (κ2) is 5.05. The molecule has 0 saturated carbocycles. The van der Waals surface area contributed by atoms with Crippen molar-refractivity contribution >= 4 is 33.5 Å². The van der Waals surface area contributed by atoms with Gasteiger partial charge in [0.1, 0.15) is 5.52 Å². The summed E-state index contributed by atoms with van der Waals surface area (Å²) in [6.07, 6.45) is 6.20. The number of hydrogen-bond acceptors (Lipinski definition) is 2. The molecule has 0 radical (unpaired) electrons. The van der Waals surface area contributed by atoms with E-state index in [9.17, 15) is 4.79 Å². The summed E-state index contributed by atoms with van der Waals surface area (Å²) in [5, 5.41) is 4.44. The average molecular weight is 357 g/mol. The van der Waals surface area contributed by atoms with Crippen LogP contribution in [0.15, 0.2) is 23.3 Å². The van der Waals surface area contributed by atoms with Crippen molar-refractivity contribution in [3.63, 3.8) is 0 Å². The number of nitrogens with zero attached hydrogens (tertiary/aromatic N) is 1. The van der Waals surface area contributed by atoms with Crippen LogP contribution in [-0.4, -0.2) is 22.6 Å². The smallest absolute Gasteiger partial charge is 0.272 e. The lowest BCUT2D eigenvalue weighted by atomic mass is 10.1. The first kappa shape index (κ1) is 12.2. The molecule has 2 aromatic rings. The Bertz CT molecular complexity index is 610. The van der Waals surface area contributed by atoms with Gasteiger partial charge in [-0.25, -0.2) is 0 Å². The van der Waals surface area contributed by atoms with Crippen molar-refractivity contribution in [3.05, 3.63) is 32.4 Å². The maximum Gasteiger partial charge on any atom is 0.272 e. The van der Waals surface area contributed by atoms with Crippen molar-refractivity contribution in [2.24, 2.45) is 5.92 Å². The zero-order valence-electron chi connectivity index (χ0n) is 10.1. The molecule has 0 bridgehead atoms. The van der Waals surface area contributed by atoms with Crippen molar-refractivity contribution in [3.8, 4) is 0 Å². The van der Waals surface area contributed by atoms with Gasteiger partial charge in [0.15, 0.2) is 0 Å². The Hall–Kier alpha value is -0.820. The van der Waals surface area contributed by atoms with Gasteiger partial charge in [0, 0.05) is 27.9 Å². The van der Waals surface area contributed by atoms with Crippen LogP contribution in [0.5, 0.6) is 0 Å².